The van der Waals surface area contributed by atoms with Gasteiger partial charge in [0.1, 0.15) is 12.0 Å². The van der Waals surface area contributed by atoms with Crippen LogP contribution in [0.15, 0.2) is 42.6 Å². The van der Waals surface area contributed by atoms with Crippen molar-refractivity contribution in [2.45, 2.75) is 50.8 Å². The molecule has 2 aromatic rings. The molecule has 6 rings (SSSR count). The van der Waals surface area contributed by atoms with Gasteiger partial charge in [-0.15, -0.1) is 0 Å². The fourth-order valence-corrected chi connectivity index (χ4v) is 6.47. The van der Waals surface area contributed by atoms with Crippen molar-refractivity contribution in [2.75, 3.05) is 49.6 Å². The lowest BCUT2D eigenvalue weighted by Gasteiger charge is -2.48. The van der Waals surface area contributed by atoms with Crippen LogP contribution in [-0.2, 0) is 11.3 Å². The fourth-order valence-electron chi connectivity index (χ4n) is 6.47. The molecule has 4 aliphatic heterocycles. The summed E-state index contributed by atoms with van der Waals surface area (Å²) in [5.74, 6) is 1.10. The maximum atomic E-state index is 6.29. The molecule has 1 aromatic carbocycles. The predicted octanol–water partition coefficient (Wildman–Crippen LogP) is 2.68. The van der Waals surface area contributed by atoms with E-state index >= 15 is 0 Å². The number of hydrogen-bond donors (Lipinski definition) is 1. The largest absolute Gasteiger partial charge is 0.378 e. The lowest BCUT2D eigenvalue weighted by molar-refractivity contribution is 0.0239. The molecule has 5 atom stereocenters. The van der Waals surface area contributed by atoms with E-state index in [0.29, 0.717) is 12.1 Å². The summed E-state index contributed by atoms with van der Waals surface area (Å²) in [5, 5.41) is 0. The van der Waals surface area contributed by atoms with Crippen LogP contribution in [0.2, 0.25) is 0 Å². The van der Waals surface area contributed by atoms with Crippen LogP contribution in [0, 0.1) is 0 Å². The quantitative estimate of drug-likeness (QED) is 0.753. The van der Waals surface area contributed by atoms with Gasteiger partial charge in [0, 0.05) is 75.9 Å². The first-order valence-electron chi connectivity index (χ1n) is 12.6. The Morgan fingerprint density at radius 3 is 2.82 bits per heavy atom. The van der Waals surface area contributed by atoms with Crippen molar-refractivity contribution in [1.82, 2.24) is 14.8 Å². The minimum atomic E-state index is 0.0721. The molecule has 2 N–H and O–H groups in total. The van der Waals surface area contributed by atoms with Crippen molar-refractivity contribution in [3.05, 3.63) is 59.3 Å². The van der Waals surface area contributed by atoms with Gasteiger partial charge in [-0.1, -0.05) is 12.1 Å². The number of likely N-dealkylation sites (N-methyl/N-ethyl adjacent to an activating group) is 1. The zero-order valence-corrected chi connectivity index (χ0v) is 20.5. The number of nitrogens with two attached hydrogens (primary N) is 1. The molecule has 180 valence electrons. The molecule has 5 heterocycles. The smallest absolute Gasteiger partial charge is 0.137 e. The SMILES string of the molecule is CCN1c2ncccc2C=CC1N1C[C@@H](C)N2Cc3cc(N4C[C@@H](N)[C@H](OC)C4)ccc3[C@H]2C1. The van der Waals surface area contributed by atoms with Crippen LogP contribution in [0.5, 0.6) is 0 Å². The lowest BCUT2D eigenvalue weighted by Crippen LogP contribution is -2.58. The number of anilines is 2. The highest BCUT2D eigenvalue weighted by molar-refractivity contribution is 5.68. The molecular weight excluding hydrogens is 424 g/mol. The molecule has 7 nitrogen and oxygen atoms in total. The number of rotatable bonds is 4. The number of fused-ring (bicyclic) bond motifs is 4. The second-order valence-corrected chi connectivity index (χ2v) is 10.2. The molecular formula is C27H36N6O. The maximum absolute atomic E-state index is 6.29. The second kappa shape index (κ2) is 8.64. The molecule has 4 aliphatic rings. The molecule has 2 saturated heterocycles. The van der Waals surface area contributed by atoms with Gasteiger partial charge >= 0.3 is 0 Å². The number of ether oxygens (including phenoxy) is 1. The number of methoxy groups -OCH3 is 1. The zero-order valence-electron chi connectivity index (χ0n) is 20.5. The summed E-state index contributed by atoms with van der Waals surface area (Å²) >= 11 is 0. The lowest BCUT2D eigenvalue weighted by atomic mass is 10.00. The standard InChI is InChI=1S/C27H36N6O/c1-4-32-26(10-7-19-6-5-11-29-27(19)32)31-13-18(2)33-14-20-12-21(8-9-22(20)24(33)16-31)30-15-23(28)25(17-30)34-3/h5-12,18,23-26H,4,13-17,28H2,1-3H3/t18-,23-,24-,25-,26?/m1/s1. The van der Waals surface area contributed by atoms with Crippen LogP contribution >= 0.6 is 0 Å². The molecule has 7 heteroatoms. The van der Waals surface area contributed by atoms with Crippen LogP contribution in [0.4, 0.5) is 11.5 Å². The highest BCUT2D eigenvalue weighted by Crippen LogP contribution is 2.42. The zero-order chi connectivity index (χ0) is 23.4. The Kier molecular flexibility index (Phi) is 5.60. The van der Waals surface area contributed by atoms with Crippen LogP contribution in [0.25, 0.3) is 6.08 Å². The van der Waals surface area contributed by atoms with Crippen molar-refractivity contribution in [1.29, 1.82) is 0 Å². The molecule has 0 aliphatic carbocycles. The average molecular weight is 461 g/mol. The third-order valence-corrected chi connectivity index (χ3v) is 8.26. The van der Waals surface area contributed by atoms with Crippen molar-refractivity contribution in [3.63, 3.8) is 0 Å². The Balaban J connectivity index is 1.24. The van der Waals surface area contributed by atoms with E-state index in [-0.39, 0.29) is 18.3 Å². The number of pyridine rings is 1. The number of piperazine rings is 1. The molecule has 0 saturated carbocycles. The van der Waals surface area contributed by atoms with Gasteiger partial charge in [-0.3, -0.25) is 9.80 Å². The highest BCUT2D eigenvalue weighted by atomic mass is 16.5. The van der Waals surface area contributed by atoms with Crippen molar-refractivity contribution >= 4 is 17.6 Å². The van der Waals surface area contributed by atoms with Gasteiger partial charge in [0.25, 0.3) is 0 Å². The average Bonchev–Trinajstić information content (AvgIpc) is 3.43. The normalized spacial score (nSPS) is 31.0. The summed E-state index contributed by atoms with van der Waals surface area (Å²) in [7, 11) is 1.76. The third-order valence-electron chi connectivity index (χ3n) is 8.26. The monoisotopic (exact) mass is 460 g/mol. The number of hydrogen-bond acceptors (Lipinski definition) is 7. The number of aromatic nitrogens is 1. The van der Waals surface area contributed by atoms with Gasteiger partial charge in [-0.2, -0.15) is 0 Å². The van der Waals surface area contributed by atoms with Gasteiger partial charge < -0.3 is 20.3 Å². The summed E-state index contributed by atoms with van der Waals surface area (Å²) < 4.78 is 5.57. The Morgan fingerprint density at radius 1 is 1.15 bits per heavy atom. The van der Waals surface area contributed by atoms with E-state index in [2.05, 4.69) is 69.9 Å². The van der Waals surface area contributed by atoms with Crippen molar-refractivity contribution < 1.29 is 4.74 Å². The molecule has 1 aromatic heterocycles. The Hall–Kier alpha value is -2.45. The molecule has 0 spiro atoms. The van der Waals surface area contributed by atoms with E-state index < -0.39 is 0 Å². The van der Waals surface area contributed by atoms with Crippen LogP contribution < -0.4 is 15.5 Å². The Bertz CT molecular complexity index is 1090. The van der Waals surface area contributed by atoms with E-state index in [4.69, 9.17) is 15.5 Å². The minimum absolute atomic E-state index is 0.0721. The molecule has 0 bridgehead atoms. The first-order chi connectivity index (χ1) is 16.6. The van der Waals surface area contributed by atoms with E-state index in [9.17, 15) is 0 Å². The maximum Gasteiger partial charge on any atom is 0.137 e. The van der Waals surface area contributed by atoms with E-state index in [1.165, 1.54) is 22.4 Å². The Morgan fingerprint density at radius 2 is 2.03 bits per heavy atom. The molecule has 1 unspecified atom stereocenters. The number of benzene rings is 1. The second-order valence-electron chi connectivity index (χ2n) is 10.2. The summed E-state index contributed by atoms with van der Waals surface area (Å²) in [6, 6.07) is 12.2. The van der Waals surface area contributed by atoms with Gasteiger partial charge in [0.05, 0.1) is 12.1 Å². The first kappa shape index (κ1) is 22.0. The molecule has 34 heavy (non-hydrogen) atoms. The summed E-state index contributed by atoms with van der Waals surface area (Å²) in [6.45, 7) is 10.4. The minimum Gasteiger partial charge on any atom is -0.378 e. The number of nitrogens with zero attached hydrogens (tertiary/aromatic N) is 5. The predicted molar refractivity (Wildman–Crippen MR) is 137 cm³/mol. The Labute approximate surface area is 202 Å². The third kappa shape index (κ3) is 3.53. The summed E-state index contributed by atoms with van der Waals surface area (Å²) in [4.78, 5) is 14.9. The summed E-state index contributed by atoms with van der Waals surface area (Å²) in [6.07, 6.45) is 6.87. The van der Waals surface area contributed by atoms with Gasteiger partial charge in [-0.05, 0) is 55.3 Å². The highest BCUT2D eigenvalue weighted by Gasteiger charge is 2.42. The summed E-state index contributed by atoms with van der Waals surface area (Å²) in [5.41, 5.74) is 11.7. The van der Waals surface area contributed by atoms with E-state index in [1.54, 1.807) is 7.11 Å². The molecule has 0 radical (unpaired) electrons. The molecule has 0 amide bonds. The van der Waals surface area contributed by atoms with Crippen molar-refractivity contribution in [3.8, 4) is 0 Å². The van der Waals surface area contributed by atoms with Crippen molar-refractivity contribution in [2.24, 2.45) is 5.73 Å². The van der Waals surface area contributed by atoms with Crippen LogP contribution in [0.3, 0.4) is 0 Å². The van der Waals surface area contributed by atoms with Gasteiger partial charge in [-0.25, -0.2) is 4.98 Å². The van der Waals surface area contributed by atoms with Crippen LogP contribution in [-0.4, -0.2) is 79.0 Å². The fraction of sp³-hybridized carbons (Fsp3) is 0.519. The van der Waals surface area contributed by atoms with E-state index in [0.717, 1.165) is 45.1 Å². The first-order valence-corrected chi connectivity index (χ1v) is 12.6. The van der Waals surface area contributed by atoms with E-state index in [1.807, 2.05) is 12.3 Å². The molecule has 2 fully saturated rings. The van der Waals surface area contributed by atoms with Gasteiger partial charge in [0.2, 0.25) is 0 Å². The topological polar surface area (TPSA) is 61.1 Å². The van der Waals surface area contributed by atoms with Crippen LogP contribution in [0.1, 0.15) is 36.6 Å². The van der Waals surface area contributed by atoms with Gasteiger partial charge in [0.15, 0.2) is 0 Å².